The van der Waals surface area contributed by atoms with Crippen LogP contribution in [0.4, 0.5) is 11.4 Å². The van der Waals surface area contributed by atoms with Crippen molar-refractivity contribution in [3.63, 3.8) is 0 Å². The zero-order valence-electron chi connectivity index (χ0n) is 16.6. The Bertz CT molecular complexity index is 1050. The van der Waals surface area contributed by atoms with E-state index in [2.05, 4.69) is 0 Å². The highest BCUT2D eigenvalue weighted by Gasteiger charge is 2.61. The summed E-state index contributed by atoms with van der Waals surface area (Å²) in [5.41, 5.74) is 2.47. The summed E-state index contributed by atoms with van der Waals surface area (Å²) in [5.74, 6) is -0.625. The molecule has 6 heteroatoms. The number of nitrogens with zero attached hydrogens (tertiary/aromatic N) is 2. The molecule has 1 unspecified atom stereocenters. The Labute approximate surface area is 174 Å². The van der Waals surface area contributed by atoms with Gasteiger partial charge in [0.2, 0.25) is 5.91 Å². The van der Waals surface area contributed by atoms with Crippen molar-refractivity contribution >= 4 is 40.1 Å². The van der Waals surface area contributed by atoms with E-state index in [4.69, 9.17) is 9.73 Å². The van der Waals surface area contributed by atoms with E-state index in [9.17, 15) is 9.59 Å². The highest BCUT2D eigenvalue weighted by atomic mass is 32.2. The minimum atomic E-state index is -1.26. The summed E-state index contributed by atoms with van der Waals surface area (Å²) in [6.45, 7) is 6.44. The van der Waals surface area contributed by atoms with E-state index in [1.165, 1.54) is 11.8 Å². The molecule has 0 aliphatic carbocycles. The van der Waals surface area contributed by atoms with Gasteiger partial charge in [0, 0.05) is 12.1 Å². The summed E-state index contributed by atoms with van der Waals surface area (Å²) in [6, 6.07) is 15.3. The van der Waals surface area contributed by atoms with Gasteiger partial charge in [0.05, 0.1) is 23.6 Å². The Hall–Kier alpha value is -2.86. The first-order valence-corrected chi connectivity index (χ1v) is 10.5. The van der Waals surface area contributed by atoms with Crippen molar-refractivity contribution in [2.75, 3.05) is 18.1 Å². The molecule has 1 atom stereocenters. The second-order valence-corrected chi connectivity index (χ2v) is 7.75. The molecule has 0 fully saturated rings. The number of carbonyl (C=O) groups is 2. The van der Waals surface area contributed by atoms with Crippen molar-refractivity contribution < 1.29 is 14.3 Å². The third kappa shape index (κ3) is 2.82. The number of thioether (sulfide) groups is 1. The van der Waals surface area contributed by atoms with Crippen molar-refractivity contribution in [2.24, 2.45) is 4.99 Å². The van der Waals surface area contributed by atoms with Gasteiger partial charge in [-0.15, -0.1) is 0 Å². The van der Waals surface area contributed by atoms with Crippen LogP contribution < -0.4 is 4.90 Å². The van der Waals surface area contributed by atoms with Gasteiger partial charge in [0.25, 0.3) is 0 Å². The lowest BCUT2D eigenvalue weighted by molar-refractivity contribution is -0.140. The van der Waals surface area contributed by atoms with Crippen LogP contribution in [0.5, 0.6) is 0 Å². The molecule has 148 valence electrons. The molecular formula is C23H22N2O3S. The Morgan fingerprint density at radius 3 is 2.59 bits per heavy atom. The fourth-order valence-corrected chi connectivity index (χ4v) is 5.20. The fourth-order valence-electron chi connectivity index (χ4n) is 4.05. The molecule has 0 radical (unpaired) electrons. The van der Waals surface area contributed by atoms with Crippen LogP contribution in [0.1, 0.15) is 25.0 Å². The van der Waals surface area contributed by atoms with E-state index in [1.54, 1.807) is 17.2 Å². The van der Waals surface area contributed by atoms with Crippen molar-refractivity contribution in [1.29, 1.82) is 0 Å². The van der Waals surface area contributed by atoms with Gasteiger partial charge in [-0.05, 0) is 43.9 Å². The molecule has 5 nitrogen and oxygen atoms in total. The zero-order valence-corrected chi connectivity index (χ0v) is 17.5. The second kappa shape index (κ2) is 7.52. The van der Waals surface area contributed by atoms with Gasteiger partial charge < -0.3 is 9.64 Å². The first-order chi connectivity index (χ1) is 14.1. The maximum atomic E-state index is 13.9. The van der Waals surface area contributed by atoms with Gasteiger partial charge in [0.1, 0.15) is 5.04 Å². The molecule has 0 aromatic heterocycles. The number of hydrogen-bond donors (Lipinski definition) is 0. The number of amides is 1. The normalized spacial score (nSPS) is 21.6. The molecule has 0 saturated carbocycles. The molecule has 2 heterocycles. The lowest BCUT2D eigenvalue weighted by Crippen LogP contribution is -2.46. The van der Waals surface area contributed by atoms with Gasteiger partial charge in [0.15, 0.2) is 5.41 Å². The maximum absolute atomic E-state index is 13.9. The average molecular weight is 407 g/mol. The quantitative estimate of drug-likeness (QED) is 0.701. The van der Waals surface area contributed by atoms with E-state index >= 15 is 0 Å². The maximum Gasteiger partial charge on any atom is 0.336 e. The van der Waals surface area contributed by atoms with E-state index in [-0.39, 0.29) is 12.5 Å². The number of rotatable bonds is 4. The Morgan fingerprint density at radius 1 is 1.14 bits per heavy atom. The molecule has 2 aromatic rings. The highest BCUT2D eigenvalue weighted by Crippen LogP contribution is 2.55. The molecular weight excluding hydrogens is 384 g/mol. The number of ether oxygens (including phenoxy) is 1. The molecule has 2 aliphatic rings. The topological polar surface area (TPSA) is 59.0 Å². The summed E-state index contributed by atoms with van der Waals surface area (Å²) in [7, 11) is 0. The Morgan fingerprint density at radius 2 is 1.90 bits per heavy atom. The lowest BCUT2D eigenvalue weighted by Gasteiger charge is -2.26. The van der Waals surface area contributed by atoms with Crippen LogP contribution in [0.3, 0.4) is 0 Å². The molecule has 0 N–H and O–H groups in total. The van der Waals surface area contributed by atoms with Crippen LogP contribution >= 0.6 is 11.8 Å². The Balaban J connectivity index is 2.00. The number of aliphatic imine (C=N–C) groups is 1. The van der Waals surface area contributed by atoms with Crippen LogP contribution in [0.15, 0.2) is 64.5 Å². The molecule has 0 saturated heterocycles. The standard InChI is InChI=1S/C23H22N2O3S/c1-4-25-19-15(3)10-9-13-17(19)23(22(25)27)18(20(26)28-5-2)14-29-21(23)24-16-11-7-6-8-12-16/h6-14H,4-5H2,1-3H3. The molecule has 29 heavy (non-hydrogen) atoms. The number of aryl methyl sites for hydroxylation is 1. The van der Waals surface area contributed by atoms with Crippen molar-refractivity contribution in [2.45, 2.75) is 26.2 Å². The monoisotopic (exact) mass is 406 g/mol. The van der Waals surface area contributed by atoms with Gasteiger partial charge in [-0.2, -0.15) is 0 Å². The summed E-state index contributed by atoms with van der Waals surface area (Å²) in [6.07, 6.45) is 0. The van der Waals surface area contributed by atoms with Crippen molar-refractivity contribution in [3.05, 3.63) is 70.6 Å². The smallest absolute Gasteiger partial charge is 0.336 e. The number of carbonyl (C=O) groups excluding carboxylic acids is 2. The van der Waals surface area contributed by atoms with Crippen LogP contribution in [-0.2, 0) is 19.7 Å². The highest BCUT2D eigenvalue weighted by molar-refractivity contribution is 8.17. The summed E-state index contributed by atoms with van der Waals surface area (Å²) in [4.78, 5) is 33.3. The van der Waals surface area contributed by atoms with Crippen molar-refractivity contribution in [1.82, 2.24) is 0 Å². The van der Waals surface area contributed by atoms with Gasteiger partial charge in [-0.3, -0.25) is 4.79 Å². The number of anilines is 1. The largest absolute Gasteiger partial charge is 0.463 e. The fraction of sp³-hybridized carbons (Fsp3) is 0.261. The molecule has 2 aliphatic heterocycles. The minimum absolute atomic E-state index is 0.150. The number of fused-ring (bicyclic) bond motifs is 2. The van der Waals surface area contributed by atoms with Gasteiger partial charge in [-0.25, -0.2) is 9.79 Å². The third-order valence-corrected chi connectivity index (χ3v) is 6.26. The van der Waals surface area contributed by atoms with E-state index < -0.39 is 11.4 Å². The number of para-hydroxylation sites is 2. The first-order valence-electron chi connectivity index (χ1n) is 9.66. The summed E-state index contributed by atoms with van der Waals surface area (Å²) < 4.78 is 5.33. The van der Waals surface area contributed by atoms with Crippen LogP contribution in [0.25, 0.3) is 0 Å². The zero-order chi connectivity index (χ0) is 20.6. The average Bonchev–Trinajstić information content (AvgIpc) is 3.21. The second-order valence-electron chi connectivity index (χ2n) is 6.89. The number of esters is 1. The Kier molecular flexibility index (Phi) is 5.04. The van der Waals surface area contributed by atoms with Crippen LogP contribution in [0, 0.1) is 6.92 Å². The van der Waals surface area contributed by atoms with Crippen LogP contribution in [-0.4, -0.2) is 30.1 Å². The van der Waals surface area contributed by atoms with Crippen LogP contribution in [0.2, 0.25) is 0 Å². The summed E-state index contributed by atoms with van der Waals surface area (Å²) >= 11 is 1.32. The molecule has 4 rings (SSSR count). The number of benzene rings is 2. The van der Waals surface area contributed by atoms with E-state index in [0.717, 1.165) is 22.5 Å². The predicted octanol–water partition coefficient (Wildman–Crippen LogP) is 4.52. The molecule has 2 aromatic carbocycles. The number of hydrogen-bond acceptors (Lipinski definition) is 5. The predicted molar refractivity (Wildman–Crippen MR) is 117 cm³/mol. The lowest BCUT2D eigenvalue weighted by atomic mass is 9.76. The molecule has 1 amide bonds. The van der Waals surface area contributed by atoms with Gasteiger partial charge in [-0.1, -0.05) is 48.2 Å². The van der Waals surface area contributed by atoms with E-state index in [0.29, 0.717) is 17.2 Å². The van der Waals surface area contributed by atoms with E-state index in [1.807, 2.05) is 62.4 Å². The summed E-state index contributed by atoms with van der Waals surface area (Å²) in [5, 5.41) is 2.31. The minimum Gasteiger partial charge on any atom is -0.463 e. The number of likely N-dealkylation sites (N-methyl/N-ethyl adjacent to an activating group) is 1. The SMILES string of the molecule is CCOC(=O)C1=CSC(=Nc2ccccc2)C12C(=O)N(CC)c1c(C)cccc12. The molecule has 0 bridgehead atoms. The van der Waals surface area contributed by atoms with Crippen molar-refractivity contribution in [3.8, 4) is 0 Å². The first kappa shape index (κ1) is 19.5. The third-order valence-electron chi connectivity index (χ3n) is 5.29. The van der Waals surface area contributed by atoms with Gasteiger partial charge >= 0.3 is 5.97 Å². The molecule has 1 spiro atoms.